The minimum absolute atomic E-state index is 0.000571. The number of anilines is 1. The number of ether oxygens (including phenoxy) is 1. The molecule has 1 atom stereocenters. The molecule has 0 radical (unpaired) electrons. The van der Waals surface area contributed by atoms with Gasteiger partial charge >= 0.3 is 0 Å². The number of Topliss-reactive ketones (excluding diaryl/α,β-unsaturated/α-hetero) is 1. The summed E-state index contributed by atoms with van der Waals surface area (Å²) in [6.07, 6.45) is 3.22. The molecule has 24 heavy (non-hydrogen) atoms. The lowest BCUT2D eigenvalue weighted by atomic mass is 9.87. The number of ketones is 1. The van der Waals surface area contributed by atoms with Crippen LogP contribution in [-0.2, 0) is 9.59 Å². The highest BCUT2D eigenvalue weighted by Gasteiger charge is 2.33. The van der Waals surface area contributed by atoms with Crippen molar-refractivity contribution in [2.75, 3.05) is 32.1 Å². The third kappa shape index (κ3) is 3.83. The van der Waals surface area contributed by atoms with Crippen molar-refractivity contribution in [2.24, 2.45) is 5.92 Å². The van der Waals surface area contributed by atoms with Crippen LogP contribution in [-0.4, -0.2) is 60.1 Å². The largest absolute Gasteiger partial charge is 0.471 e. The molecule has 1 saturated carbocycles. The molecule has 2 fully saturated rings. The molecule has 2 heterocycles. The average Bonchev–Trinajstić information content (AvgIpc) is 3.04. The molecule has 0 bridgehead atoms. The summed E-state index contributed by atoms with van der Waals surface area (Å²) >= 11 is 0. The Hall–Kier alpha value is -2.18. The topological polar surface area (TPSA) is 75.6 Å². The van der Waals surface area contributed by atoms with Gasteiger partial charge in [-0.25, -0.2) is 0 Å². The molecule has 1 unspecified atom stereocenters. The van der Waals surface area contributed by atoms with Gasteiger partial charge in [-0.3, -0.25) is 9.59 Å². The van der Waals surface area contributed by atoms with Crippen LogP contribution >= 0.6 is 0 Å². The Morgan fingerprint density at radius 3 is 2.58 bits per heavy atom. The number of carbonyl (C=O) groups excluding carboxylic acids is 2. The highest BCUT2D eigenvalue weighted by atomic mass is 16.5. The van der Waals surface area contributed by atoms with Crippen LogP contribution in [0.15, 0.2) is 12.1 Å². The zero-order chi connectivity index (χ0) is 17.1. The van der Waals surface area contributed by atoms with E-state index in [0.717, 1.165) is 12.2 Å². The Kier molecular flexibility index (Phi) is 4.97. The number of carbonyl (C=O) groups is 2. The Morgan fingerprint density at radius 2 is 1.96 bits per heavy atom. The second-order valence-electron chi connectivity index (χ2n) is 6.75. The molecule has 7 nitrogen and oxygen atoms in total. The van der Waals surface area contributed by atoms with Crippen molar-refractivity contribution in [2.45, 2.75) is 38.2 Å². The molecule has 0 spiro atoms. The summed E-state index contributed by atoms with van der Waals surface area (Å²) in [5, 5.41) is 8.17. The molecule has 2 aliphatic rings. The van der Waals surface area contributed by atoms with E-state index in [1.165, 1.54) is 0 Å². The summed E-state index contributed by atoms with van der Waals surface area (Å²) in [6.45, 7) is 1.29. The van der Waals surface area contributed by atoms with Crippen molar-refractivity contribution >= 4 is 17.5 Å². The monoisotopic (exact) mass is 332 g/mol. The zero-order valence-corrected chi connectivity index (χ0v) is 14.3. The normalized spacial score (nSPS) is 21.8. The predicted octanol–water partition coefficient (Wildman–Crippen LogP) is 1.28. The first-order chi connectivity index (χ1) is 11.5. The standard InChI is InChI=1S/C17H24N4O3/c1-20(2)15-7-8-16(19-18-15)24-14-9-10-21(11-14)17(23)12-3-5-13(22)6-4-12/h7-8,12,14H,3-6,9-11H2,1-2H3. The van der Waals surface area contributed by atoms with E-state index in [9.17, 15) is 9.59 Å². The second kappa shape index (κ2) is 7.15. The van der Waals surface area contributed by atoms with Crippen LogP contribution in [0.3, 0.4) is 0 Å². The summed E-state index contributed by atoms with van der Waals surface area (Å²) in [6, 6.07) is 3.67. The van der Waals surface area contributed by atoms with Gasteiger partial charge in [0.05, 0.1) is 6.54 Å². The maximum absolute atomic E-state index is 12.6. The fraction of sp³-hybridized carbons (Fsp3) is 0.647. The van der Waals surface area contributed by atoms with Gasteiger partial charge < -0.3 is 14.5 Å². The summed E-state index contributed by atoms with van der Waals surface area (Å²) in [5.41, 5.74) is 0. The van der Waals surface area contributed by atoms with E-state index < -0.39 is 0 Å². The van der Waals surface area contributed by atoms with Crippen LogP contribution in [0.5, 0.6) is 5.88 Å². The van der Waals surface area contributed by atoms with E-state index in [1.54, 1.807) is 6.07 Å². The van der Waals surface area contributed by atoms with Crippen molar-refractivity contribution in [3.8, 4) is 5.88 Å². The number of amides is 1. The Labute approximate surface area is 142 Å². The van der Waals surface area contributed by atoms with Crippen LogP contribution in [0.1, 0.15) is 32.1 Å². The highest BCUT2D eigenvalue weighted by molar-refractivity contribution is 5.84. The maximum atomic E-state index is 12.6. The molecule has 1 saturated heterocycles. The van der Waals surface area contributed by atoms with Crippen molar-refractivity contribution in [1.29, 1.82) is 0 Å². The molecular formula is C17H24N4O3. The predicted molar refractivity (Wildman–Crippen MR) is 88.9 cm³/mol. The highest BCUT2D eigenvalue weighted by Crippen LogP contribution is 2.26. The van der Waals surface area contributed by atoms with Crippen LogP contribution in [0.4, 0.5) is 5.82 Å². The first-order valence-corrected chi connectivity index (χ1v) is 8.51. The third-order valence-electron chi connectivity index (χ3n) is 4.72. The lowest BCUT2D eigenvalue weighted by molar-refractivity contribution is -0.136. The molecule has 1 aromatic rings. The average molecular weight is 332 g/mol. The quantitative estimate of drug-likeness (QED) is 0.827. The third-order valence-corrected chi connectivity index (χ3v) is 4.72. The first kappa shape index (κ1) is 16.7. The van der Waals surface area contributed by atoms with Gasteiger partial charge in [0, 0.05) is 51.9 Å². The Balaban J connectivity index is 1.51. The smallest absolute Gasteiger partial charge is 0.233 e. The lowest BCUT2D eigenvalue weighted by Gasteiger charge is -2.25. The molecular weight excluding hydrogens is 308 g/mol. The van der Waals surface area contributed by atoms with E-state index in [2.05, 4.69) is 10.2 Å². The summed E-state index contributed by atoms with van der Waals surface area (Å²) in [5.74, 6) is 1.71. The van der Waals surface area contributed by atoms with Crippen molar-refractivity contribution in [3.05, 3.63) is 12.1 Å². The van der Waals surface area contributed by atoms with Crippen LogP contribution in [0.25, 0.3) is 0 Å². The lowest BCUT2D eigenvalue weighted by Crippen LogP contribution is -2.37. The number of rotatable bonds is 4. The van der Waals surface area contributed by atoms with Crippen LogP contribution in [0.2, 0.25) is 0 Å². The number of hydrogen-bond acceptors (Lipinski definition) is 6. The van der Waals surface area contributed by atoms with E-state index in [0.29, 0.717) is 44.7 Å². The first-order valence-electron chi connectivity index (χ1n) is 8.51. The fourth-order valence-corrected chi connectivity index (χ4v) is 3.25. The minimum atomic E-state index is -0.0429. The molecule has 1 amide bonds. The van der Waals surface area contributed by atoms with Crippen molar-refractivity contribution in [3.63, 3.8) is 0 Å². The van der Waals surface area contributed by atoms with E-state index in [-0.39, 0.29) is 23.7 Å². The molecule has 1 aliphatic carbocycles. The number of aromatic nitrogens is 2. The molecule has 1 aromatic heterocycles. The molecule has 0 N–H and O–H groups in total. The van der Waals surface area contributed by atoms with E-state index >= 15 is 0 Å². The molecule has 1 aliphatic heterocycles. The number of likely N-dealkylation sites (tertiary alicyclic amines) is 1. The summed E-state index contributed by atoms with van der Waals surface area (Å²) in [7, 11) is 3.81. The van der Waals surface area contributed by atoms with Gasteiger partial charge in [-0.15, -0.1) is 10.2 Å². The maximum Gasteiger partial charge on any atom is 0.233 e. The minimum Gasteiger partial charge on any atom is -0.471 e. The second-order valence-corrected chi connectivity index (χ2v) is 6.75. The van der Waals surface area contributed by atoms with Gasteiger partial charge in [-0.1, -0.05) is 0 Å². The van der Waals surface area contributed by atoms with Crippen molar-refractivity contribution < 1.29 is 14.3 Å². The van der Waals surface area contributed by atoms with Crippen LogP contribution in [0, 0.1) is 5.92 Å². The Morgan fingerprint density at radius 1 is 1.21 bits per heavy atom. The van der Waals surface area contributed by atoms with Gasteiger partial charge in [0.1, 0.15) is 11.9 Å². The summed E-state index contributed by atoms with van der Waals surface area (Å²) in [4.78, 5) is 27.6. The molecule has 3 rings (SSSR count). The van der Waals surface area contributed by atoms with Gasteiger partial charge in [-0.2, -0.15) is 0 Å². The van der Waals surface area contributed by atoms with Gasteiger partial charge in [-0.05, 0) is 18.9 Å². The molecule has 0 aromatic carbocycles. The van der Waals surface area contributed by atoms with Crippen LogP contribution < -0.4 is 9.64 Å². The molecule has 7 heteroatoms. The van der Waals surface area contributed by atoms with E-state index in [4.69, 9.17) is 4.74 Å². The molecule has 130 valence electrons. The zero-order valence-electron chi connectivity index (χ0n) is 14.3. The summed E-state index contributed by atoms with van der Waals surface area (Å²) < 4.78 is 5.85. The van der Waals surface area contributed by atoms with Gasteiger partial charge in [0.2, 0.25) is 11.8 Å². The number of nitrogens with zero attached hydrogens (tertiary/aromatic N) is 4. The Bertz CT molecular complexity index is 592. The van der Waals surface area contributed by atoms with Gasteiger partial charge in [0.15, 0.2) is 5.82 Å². The van der Waals surface area contributed by atoms with Crippen molar-refractivity contribution in [1.82, 2.24) is 15.1 Å². The van der Waals surface area contributed by atoms with E-state index in [1.807, 2.05) is 30.0 Å². The SMILES string of the molecule is CN(C)c1ccc(OC2CCN(C(=O)C3CCC(=O)CC3)C2)nn1. The fourth-order valence-electron chi connectivity index (χ4n) is 3.25. The number of hydrogen-bond donors (Lipinski definition) is 0. The van der Waals surface area contributed by atoms with Gasteiger partial charge in [0.25, 0.3) is 0 Å².